The molecule has 5 rings (SSSR count). The number of nitro groups is 1. The van der Waals surface area contributed by atoms with Gasteiger partial charge in [0.2, 0.25) is 11.9 Å². The average molecular weight is 483 g/mol. The molecule has 0 saturated heterocycles. The first-order chi connectivity index (χ1) is 17.1. The fourth-order valence-electron chi connectivity index (χ4n) is 3.76. The molecular formula is C25H18N6O3S. The van der Waals surface area contributed by atoms with Crippen molar-refractivity contribution in [3.63, 3.8) is 0 Å². The number of anilines is 1. The SMILES string of the molecule is O=C(CSc1c(-c2cccc([N+](=O)[O-])c2)nc2ccccc2c1-c1ccccc1)Nc1ncn[nH]1. The molecule has 5 aromatic rings. The van der Waals surface area contributed by atoms with Crippen molar-refractivity contribution in [3.8, 4) is 22.4 Å². The van der Waals surface area contributed by atoms with Crippen molar-refractivity contribution >= 4 is 40.2 Å². The van der Waals surface area contributed by atoms with Crippen LogP contribution in [0.5, 0.6) is 0 Å². The Morgan fingerprint density at radius 3 is 2.54 bits per heavy atom. The second-order valence-corrected chi connectivity index (χ2v) is 8.51. The lowest BCUT2D eigenvalue weighted by Crippen LogP contribution is -2.15. The number of nitrogens with zero attached hydrogens (tertiary/aromatic N) is 4. The lowest BCUT2D eigenvalue weighted by molar-refractivity contribution is -0.384. The number of non-ortho nitro benzene ring substituents is 1. The third-order valence-corrected chi connectivity index (χ3v) is 6.35. The molecule has 0 bridgehead atoms. The fourth-order valence-corrected chi connectivity index (χ4v) is 4.78. The molecule has 0 fully saturated rings. The van der Waals surface area contributed by atoms with Gasteiger partial charge in [-0.25, -0.2) is 10.1 Å². The maximum atomic E-state index is 12.7. The monoisotopic (exact) mass is 482 g/mol. The molecule has 0 spiro atoms. The zero-order valence-corrected chi connectivity index (χ0v) is 19.0. The topological polar surface area (TPSA) is 127 Å². The number of H-pyrrole nitrogens is 1. The molecule has 1 amide bonds. The van der Waals surface area contributed by atoms with E-state index in [1.807, 2.05) is 54.6 Å². The molecule has 0 aliphatic heterocycles. The standard InChI is InChI=1S/C25H18N6O3S/c32-21(29-25-26-15-27-30-25)14-35-24-22(16-7-2-1-3-8-16)19-11-4-5-12-20(19)28-23(24)17-9-6-10-18(13-17)31(33)34/h1-13,15H,14H2,(H2,26,27,29,30,32). The molecule has 10 heteroatoms. The Kier molecular flexibility index (Phi) is 6.18. The summed E-state index contributed by atoms with van der Waals surface area (Å²) in [5.41, 5.74) is 3.76. The van der Waals surface area contributed by atoms with Crippen LogP contribution in [-0.4, -0.2) is 36.7 Å². The van der Waals surface area contributed by atoms with Gasteiger partial charge >= 0.3 is 0 Å². The number of hydrogen-bond donors (Lipinski definition) is 2. The Labute approximate surface area is 203 Å². The predicted octanol–water partition coefficient (Wildman–Crippen LogP) is 5.33. The lowest BCUT2D eigenvalue weighted by atomic mass is 9.98. The van der Waals surface area contributed by atoms with Crippen molar-refractivity contribution in [1.29, 1.82) is 0 Å². The minimum Gasteiger partial charge on any atom is -0.294 e. The number of para-hydroxylation sites is 1. The number of amides is 1. The van der Waals surface area contributed by atoms with Crippen LogP contribution in [0.1, 0.15) is 0 Å². The minimum atomic E-state index is -0.430. The van der Waals surface area contributed by atoms with Gasteiger partial charge in [0.1, 0.15) is 6.33 Å². The highest BCUT2D eigenvalue weighted by atomic mass is 32.2. The zero-order chi connectivity index (χ0) is 24.2. The first-order valence-electron chi connectivity index (χ1n) is 10.6. The number of benzene rings is 3. The van der Waals surface area contributed by atoms with Gasteiger partial charge in [0.15, 0.2) is 0 Å². The number of aromatic amines is 1. The molecule has 2 N–H and O–H groups in total. The summed E-state index contributed by atoms with van der Waals surface area (Å²) in [6, 6.07) is 23.9. The number of aromatic nitrogens is 4. The Bertz CT molecular complexity index is 1520. The Hall–Kier alpha value is -4.57. The number of carbonyl (C=O) groups excluding carboxylic acids is 1. The average Bonchev–Trinajstić information content (AvgIpc) is 3.40. The highest BCUT2D eigenvalue weighted by Gasteiger charge is 2.21. The summed E-state index contributed by atoms with van der Waals surface area (Å²) in [6.45, 7) is 0. The van der Waals surface area contributed by atoms with Crippen molar-refractivity contribution in [1.82, 2.24) is 20.2 Å². The summed E-state index contributed by atoms with van der Waals surface area (Å²) in [6.07, 6.45) is 1.31. The summed E-state index contributed by atoms with van der Waals surface area (Å²) in [5, 5.41) is 21.4. The Balaban J connectivity index is 1.68. The fraction of sp³-hybridized carbons (Fsp3) is 0.0400. The maximum absolute atomic E-state index is 12.7. The maximum Gasteiger partial charge on any atom is 0.270 e. The van der Waals surface area contributed by atoms with E-state index >= 15 is 0 Å². The van der Waals surface area contributed by atoms with E-state index in [1.165, 1.54) is 30.2 Å². The molecule has 172 valence electrons. The Morgan fingerprint density at radius 1 is 1.00 bits per heavy atom. The molecule has 0 aliphatic rings. The van der Waals surface area contributed by atoms with Crippen LogP contribution in [0.3, 0.4) is 0 Å². The van der Waals surface area contributed by atoms with Gasteiger partial charge < -0.3 is 0 Å². The third-order valence-electron chi connectivity index (χ3n) is 5.26. The van der Waals surface area contributed by atoms with Crippen molar-refractivity contribution in [2.24, 2.45) is 0 Å². The van der Waals surface area contributed by atoms with E-state index in [2.05, 4.69) is 20.5 Å². The molecule has 0 saturated carbocycles. The number of nitrogens with one attached hydrogen (secondary N) is 2. The van der Waals surface area contributed by atoms with Gasteiger partial charge in [0.05, 0.1) is 21.9 Å². The molecule has 0 radical (unpaired) electrons. The third kappa shape index (κ3) is 4.73. The minimum absolute atomic E-state index is 0.0299. The molecule has 9 nitrogen and oxygen atoms in total. The molecule has 3 aromatic carbocycles. The molecular weight excluding hydrogens is 464 g/mol. The first kappa shape index (κ1) is 22.2. The summed E-state index contributed by atoms with van der Waals surface area (Å²) in [7, 11) is 0. The van der Waals surface area contributed by atoms with Crippen molar-refractivity contribution in [2.75, 3.05) is 11.1 Å². The molecule has 0 unspecified atom stereocenters. The van der Waals surface area contributed by atoms with E-state index in [-0.39, 0.29) is 23.3 Å². The number of nitro benzene ring substituents is 1. The van der Waals surface area contributed by atoms with E-state index in [4.69, 9.17) is 4.98 Å². The largest absolute Gasteiger partial charge is 0.294 e. The van der Waals surface area contributed by atoms with E-state index in [0.29, 0.717) is 11.3 Å². The highest BCUT2D eigenvalue weighted by Crippen LogP contribution is 2.43. The normalized spacial score (nSPS) is 10.9. The van der Waals surface area contributed by atoms with Gasteiger partial charge in [0.25, 0.3) is 5.69 Å². The van der Waals surface area contributed by atoms with Gasteiger partial charge in [-0.05, 0) is 11.6 Å². The molecule has 0 atom stereocenters. The second-order valence-electron chi connectivity index (χ2n) is 7.53. The summed E-state index contributed by atoms with van der Waals surface area (Å²) >= 11 is 1.32. The summed E-state index contributed by atoms with van der Waals surface area (Å²) < 4.78 is 0. The van der Waals surface area contributed by atoms with E-state index in [0.717, 1.165) is 26.9 Å². The second kappa shape index (κ2) is 9.74. The number of rotatable bonds is 7. The molecule has 0 aliphatic carbocycles. The number of carbonyl (C=O) groups is 1. The van der Waals surface area contributed by atoms with Crippen LogP contribution in [0.25, 0.3) is 33.3 Å². The summed E-state index contributed by atoms with van der Waals surface area (Å²) in [5.74, 6) is 0.0565. The van der Waals surface area contributed by atoms with Crippen LogP contribution in [0.2, 0.25) is 0 Å². The van der Waals surface area contributed by atoms with Crippen LogP contribution < -0.4 is 5.32 Å². The predicted molar refractivity (Wildman–Crippen MR) is 135 cm³/mol. The van der Waals surface area contributed by atoms with Gasteiger partial charge in [-0.3, -0.25) is 20.2 Å². The number of thioether (sulfide) groups is 1. The smallest absolute Gasteiger partial charge is 0.270 e. The molecule has 2 heterocycles. The van der Waals surface area contributed by atoms with Crippen molar-refractivity contribution < 1.29 is 9.72 Å². The van der Waals surface area contributed by atoms with Gasteiger partial charge in [-0.1, -0.05) is 60.7 Å². The van der Waals surface area contributed by atoms with Crippen LogP contribution in [0.4, 0.5) is 11.6 Å². The Morgan fingerprint density at radius 2 is 1.77 bits per heavy atom. The molecule has 2 aromatic heterocycles. The summed E-state index contributed by atoms with van der Waals surface area (Å²) in [4.78, 5) is 33.2. The van der Waals surface area contributed by atoms with Crippen LogP contribution >= 0.6 is 11.8 Å². The number of fused-ring (bicyclic) bond motifs is 1. The van der Waals surface area contributed by atoms with E-state index in [1.54, 1.807) is 12.1 Å². The van der Waals surface area contributed by atoms with Gasteiger partial charge in [-0.15, -0.1) is 11.8 Å². The zero-order valence-electron chi connectivity index (χ0n) is 18.2. The van der Waals surface area contributed by atoms with Crippen molar-refractivity contribution in [2.45, 2.75) is 4.90 Å². The van der Waals surface area contributed by atoms with Crippen molar-refractivity contribution in [3.05, 3.63) is 95.3 Å². The van der Waals surface area contributed by atoms with Crippen LogP contribution in [0.15, 0.2) is 90.1 Å². The van der Waals surface area contributed by atoms with Crippen LogP contribution in [0, 0.1) is 10.1 Å². The molecule has 35 heavy (non-hydrogen) atoms. The van der Waals surface area contributed by atoms with E-state index < -0.39 is 4.92 Å². The lowest BCUT2D eigenvalue weighted by Gasteiger charge is -2.17. The number of hydrogen-bond acceptors (Lipinski definition) is 7. The number of pyridine rings is 1. The van der Waals surface area contributed by atoms with Gasteiger partial charge in [-0.2, -0.15) is 10.1 Å². The first-order valence-corrected chi connectivity index (χ1v) is 11.6. The van der Waals surface area contributed by atoms with E-state index in [9.17, 15) is 14.9 Å². The van der Waals surface area contributed by atoms with Gasteiger partial charge in [0, 0.05) is 33.5 Å². The quantitative estimate of drug-likeness (QED) is 0.182. The highest BCUT2D eigenvalue weighted by molar-refractivity contribution is 8.00. The van der Waals surface area contributed by atoms with Crippen LogP contribution in [-0.2, 0) is 4.79 Å².